The van der Waals surface area contributed by atoms with Crippen molar-refractivity contribution in [2.75, 3.05) is 79.3 Å². The molecule has 18 N–H and O–H groups in total. The highest BCUT2D eigenvalue weighted by molar-refractivity contribution is 5.94. The number of ketones is 4. The second kappa shape index (κ2) is 46.9. The number of ether oxygens (including phenoxy) is 6. The van der Waals surface area contributed by atoms with Crippen molar-refractivity contribution in [2.24, 2.45) is 0 Å². The van der Waals surface area contributed by atoms with Crippen LogP contribution in [0.15, 0.2) is 0 Å². The van der Waals surface area contributed by atoms with Gasteiger partial charge >= 0.3 is 17.9 Å². The lowest BCUT2D eigenvalue weighted by atomic mass is 9.88. The molecular formula is C62H100N8O33. The molecule has 3 aliphatic heterocycles. The number of nitrogens with zero attached hydrogens (tertiary/aromatic N) is 2. The van der Waals surface area contributed by atoms with Gasteiger partial charge in [-0.3, -0.25) is 67.1 Å². The Bertz CT molecular complexity index is 2860. The van der Waals surface area contributed by atoms with Crippen molar-refractivity contribution in [3.8, 4) is 0 Å². The van der Waals surface area contributed by atoms with Gasteiger partial charge in [-0.15, -0.1) is 0 Å². The average molecular weight is 1490 g/mol. The van der Waals surface area contributed by atoms with Crippen LogP contribution in [-0.2, 0) is 100 Å². The number of rotatable bonds is 46. The molecule has 8 amide bonds. The van der Waals surface area contributed by atoms with Gasteiger partial charge in [0.15, 0.2) is 24.1 Å². The van der Waals surface area contributed by atoms with E-state index in [4.69, 9.17) is 38.6 Å². The topological polar surface area (TPSA) is 633 Å². The number of aliphatic hydroxyl groups is 9. The Hall–Kier alpha value is -7.75. The summed E-state index contributed by atoms with van der Waals surface area (Å²) in [7, 11) is 1.53. The van der Waals surface area contributed by atoms with Crippen LogP contribution in [0.5, 0.6) is 0 Å². The van der Waals surface area contributed by atoms with Crippen molar-refractivity contribution >= 4 is 88.3 Å². The van der Waals surface area contributed by atoms with Crippen LogP contribution in [0.3, 0.4) is 0 Å². The highest BCUT2D eigenvalue weighted by atomic mass is 16.8. The van der Waals surface area contributed by atoms with E-state index in [-0.39, 0.29) is 68.5 Å². The van der Waals surface area contributed by atoms with Crippen molar-refractivity contribution in [2.45, 2.75) is 222 Å². The SMILES string of the molecule is CCNC(=O)CCC(=O)CNC(=O)CN(CC(=O)O)C(=O)CCC(=O)CNC(=O)CN(CC(=O)O)C(=O)CCC(=O)CC.CNC(=O)CCCCC(=O)CCCCO[C@@H]1OC(CO)[C@@H](O[C@@H]2OC(CO[C@]3(C(=O)O)C[C@@H](O)[C@@H](NC(C)=O)C(C(O)C(O)CO)O3)[C@H](O)[C@H](O)C2O)[C@H](O)C1NC(C)=O. The van der Waals surface area contributed by atoms with E-state index in [9.17, 15) is 123 Å². The molecule has 3 heterocycles. The third-order valence-corrected chi connectivity index (χ3v) is 16.0. The van der Waals surface area contributed by atoms with Gasteiger partial charge in [-0.2, -0.15) is 0 Å². The molecule has 0 spiro atoms. The molecule has 41 heteroatoms. The van der Waals surface area contributed by atoms with Crippen molar-refractivity contribution < 1.29 is 162 Å². The van der Waals surface area contributed by atoms with Gasteiger partial charge in [-0.1, -0.05) is 6.92 Å². The number of hydrogen-bond acceptors (Lipinski definition) is 30. The van der Waals surface area contributed by atoms with E-state index >= 15 is 0 Å². The van der Waals surface area contributed by atoms with Gasteiger partial charge in [-0.25, -0.2) is 4.79 Å². The zero-order valence-corrected chi connectivity index (χ0v) is 57.9. The first-order valence-corrected chi connectivity index (χ1v) is 33.2. The molecule has 0 aliphatic carbocycles. The smallest absolute Gasteiger partial charge is 0.364 e. The lowest BCUT2D eigenvalue weighted by Crippen LogP contribution is -2.69. The molecule has 0 saturated carbocycles. The van der Waals surface area contributed by atoms with Crippen LogP contribution in [-0.4, -0.2) is 336 Å². The van der Waals surface area contributed by atoms with Crippen LogP contribution >= 0.6 is 0 Å². The molecule has 0 aromatic heterocycles. The largest absolute Gasteiger partial charge is 0.480 e. The van der Waals surface area contributed by atoms with Crippen LogP contribution in [0.2, 0.25) is 0 Å². The quantitative estimate of drug-likeness (QED) is 0.0252. The number of Topliss-reactive ketones (excluding diaryl/α,β-unsaturated/α-hetero) is 4. The fourth-order valence-corrected chi connectivity index (χ4v) is 10.4. The highest BCUT2D eigenvalue weighted by Gasteiger charge is 2.57. The number of carbonyl (C=O) groups is 15. The van der Waals surface area contributed by atoms with Crippen molar-refractivity contribution in [3.05, 3.63) is 0 Å². The first-order chi connectivity index (χ1) is 48.5. The summed E-state index contributed by atoms with van der Waals surface area (Å²) in [5.74, 6) is -14.0. The predicted octanol–water partition coefficient (Wildman–Crippen LogP) is -8.37. The molecule has 3 fully saturated rings. The molecule has 0 aromatic carbocycles. The third kappa shape index (κ3) is 32.4. The summed E-state index contributed by atoms with van der Waals surface area (Å²) >= 11 is 0. The zero-order valence-electron chi connectivity index (χ0n) is 57.9. The van der Waals surface area contributed by atoms with E-state index in [0.717, 1.165) is 18.7 Å². The molecule has 586 valence electrons. The molecule has 3 saturated heterocycles. The minimum Gasteiger partial charge on any atom is -0.480 e. The summed E-state index contributed by atoms with van der Waals surface area (Å²) in [6.07, 6.45) is -23.1. The molecule has 41 nitrogen and oxygen atoms in total. The van der Waals surface area contributed by atoms with Crippen LogP contribution in [0.25, 0.3) is 0 Å². The first-order valence-electron chi connectivity index (χ1n) is 33.2. The van der Waals surface area contributed by atoms with Gasteiger partial charge in [0, 0.05) is 105 Å². The summed E-state index contributed by atoms with van der Waals surface area (Å²) in [6.45, 7) is -0.979. The van der Waals surface area contributed by atoms with Crippen molar-refractivity contribution in [1.82, 2.24) is 41.7 Å². The molecule has 7 unspecified atom stereocenters. The van der Waals surface area contributed by atoms with E-state index < -0.39 is 241 Å². The van der Waals surface area contributed by atoms with Crippen molar-refractivity contribution in [3.63, 3.8) is 0 Å². The van der Waals surface area contributed by atoms with E-state index in [1.54, 1.807) is 13.8 Å². The molecule has 0 radical (unpaired) electrons. The fraction of sp³-hybridized carbons (Fsp3) is 0.758. The summed E-state index contributed by atoms with van der Waals surface area (Å²) in [5.41, 5.74) is 0. The number of nitrogens with one attached hydrogen (secondary N) is 6. The number of aliphatic hydroxyl groups excluding tert-OH is 9. The van der Waals surface area contributed by atoms with Crippen LogP contribution in [0, 0.1) is 0 Å². The number of hydrogen-bond donors (Lipinski definition) is 18. The van der Waals surface area contributed by atoms with Gasteiger partial charge < -0.3 is 131 Å². The van der Waals surface area contributed by atoms with E-state index in [1.807, 2.05) is 0 Å². The highest BCUT2D eigenvalue weighted by Crippen LogP contribution is 2.36. The lowest BCUT2D eigenvalue weighted by Gasteiger charge is -2.48. The van der Waals surface area contributed by atoms with E-state index in [1.165, 1.54) is 7.05 Å². The second-order valence-corrected chi connectivity index (χ2v) is 24.3. The van der Waals surface area contributed by atoms with Crippen molar-refractivity contribution in [1.29, 1.82) is 0 Å². The second-order valence-electron chi connectivity index (χ2n) is 24.3. The maximum atomic E-state index is 12.6. The Morgan fingerprint density at radius 3 is 1.56 bits per heavy atom. The zero-order chi connectivity index (χ0) is 77.8. The number of amides is 8. The number of carboxylic acids is 3. The molecule has 103 heavy (non-hydrogen) atoms. The maximum absolute atomic E-state index is 12.6. The summed E-state index contributed by atoms with van der Waals surface area (Å²) in [6, 6.07) is -2.85. The maximum Gasteiger partial charge on any atom is 0.364 e. The van der Waals surface area contributed by atoms with Gasteiger partial charge in [0.05, 0.1) is 45.1 Å². The normalized spacial score (nSPS) is 24.9. The first kappa shape index (κ1) is 91.3. The minimum absolute atomic E-state index is 0.00546. The van der Waals surface area contributed by atoms with Gasteiger partial charge in [-0.05, 0) is 32.6 Å². The molecule has 16 atom stereocenters. The average Bonchev–Trinajstić information content (AvgIpc) is 0.770. The number of aliphatic carboxylic acids is 3. The third-order valence-electron chi connectivity index (χ3n) is 16.0. The summed E-state index contributed by atoms with van der Waals surface area (Å²) in [4.78, 5) is 180. The van der Waals surface area contributed by atoms with E-state index in [0.29, 0.717) is 50.0 Å². The van der Waals surface area contributed by atoms with Crippen LogP contribution in [0.4, 0.5) is 0 Å². The standard InChI is InChI=1S/C36H61N3O21.C26H39N5O12/c1-16(42)38-24-19(45)12-36(35(53)54,60-32(24)26(48)20(46)13-40)56-15-22-27(49)29(51)30(52)34(58-22)59-31-21(14-41)57-33(25(28(31)50)39-17(2)43)55-11-7-6-9-18(44)8-4-5-10-23(47)37-3;1-3-17(32)6-9-23(38)30(15-25(40)41)13-22(37)29-12-19(34)7-10-24(39)31(16-26(42)43)14-21(36)28-11-18(33)5-8-20(35)27-4-2/h19-22,24-34,40-41,45-46,48-52H,4-15H2,1-3H3,(H,37,47)(H,38,42)(H,39,43)(H,53,54);3-16H2,1-2H3,(H,27,35)(H,28,36)(H,29,37)(H,40,41)(H,42,43)/t19-,20?,21?,22?,24-,25?,26?,27+,28-,29+,30?,31-,32?,33-,34+,36-;/m1./s1. The Morgan fingerprint density at radius 2 is 1.07 bits per heavy atom. The fourth-order valence-electron chi connectivity index (χ4n) is 10.4. The monoisotopic (exact) mass is 1480 g/mol. The molecule has 3 aliphatic rings. The number of carbonyl (C=O) groups excluding carboxylic acids is 12. The number of carboxylic acid groups (broad SMARTS) is 3. The molecule has 0 bridgehead atoms. The predicted molar refractivity (Wildman–Crippen MR) is 343 cm³/mol. The summed E-state index contributed by atoms with van der Waals surface area (Å²) < 4.78 is 34.2. The molecule has 0 aromatic rings. The molecule has 3 rings (SSSR count). The van der Waals surface area contributed by atoms with Gasteiger partial charge in [0.25, 0.3) is 5.79 Å². The van der Waals surface area contributed by atoms with Crippen LogP contribution < -0.4 is 31.9 Å². The Labute approximate surface area is 590 Å². The molecular weight excluding hydrogens is 1380 g/mol. The van der Waals surface area contributed by atoms with Crippen LogP contribution in [0.1, 0.15) is 124 Å². The van der Waals surface area contributed by atoms with Gasteiger partial charge in [0.2, 0.25) is 47.3 Å². The summed E-state index contributed by atoms with van der Waals surface area (Å²) in [5, 5.41) is 138. The Kier molecular flexibility index (Phi) is 41.6. The van der Waals surface area contributed by atoms with E-state index in [2.05, 4.69) is 31.9 Å². The number of unbranched alkanes of at least 4 members (excludes halogenated alkanes) is 2. The minimum atomic E-state index is -2.87. The van der Waals surface area contributed by atoms with Gasteiger partial charge in [0.1, 0.15) is 105 Å². The lowest BCUT2D eigenvalue weighted by molar-refractivity contribution is -0.360. The Morgan fingerprint density at radius 1 is 0.553 bits per heavy atom. The Balaban J connectivity index is 0.000000743.